The van der Waals surface area contributed by atoms with Gasteiger partial charge in [-0.15, -0.1) is 0 Å². The summed E-state index contributed by atoms with van der Waals surface area (Å²) in [5.41, 5.74) is 4.05. The molecule has 0 N–H and O–H groups in total. The molecule has 0 aliphatic carbocycles. The molecule has 0 amide bonds. The third-order valence-corrected chi connectivity index (χ3v) is 4.03. The predicted molar refractivity (Wildman–Crippen MR) is 93.6 cm³/mol. The fourth-order valence-corrected chi connectivity index (χ4v) is 2.78. The quantitative estimate of drug-likeness (QED) is 0.599. The highest BCUT2D eigenvalue weighted by Crippen LogP contribution is 2.29. The molecule has 2 aromatic heterocycles. The summed E-state index contributed by atoms with van der Waals surface area (Å²) in [4.78, 5) is 4.28. The molecular weight excluding hydrogens is 318 g/mol. The minimum absolute atomic E-state index is 0.560. The van der Waals surface area contributed by atoms with Crippen molar-refractivity contribution in [3.63, 3.8) is 0 Å². The molecule has 3 aromatic rings. The topological polar surface area (TPSA) is 74.2 Å². The van der Waals surface area contributed by atoms with Crippen molar-refractivity contribution in [2.75, 3.05) is 6.61 Å². The molecule has 6 heteroatoms. The number of aromatic nitrogens is 3. The van der Waals surface area contributed by atoms with Crippen LogP contribution in [0.4, 0.5) is 0 Å². The third-order valence-electron chi connectivity index (χ3n) is 4.03. The minimum Gasteiger partial charge on any atom is -0.493 e. The number of rotatable bonds is 7. The second-order valence-electron chi connectivity index (χ2n) is 6.17. The summed E-state index contributed by atoms with van der Waals surface area (Å²) < 4.78 is 16.3. The lowest BCUT2D eigenvalue weighted by molar-refractivity contribution is 0.296. The Hall–Kier alpha value is -2.63. The highest BCUT2D eigenvalue weighted by atomic mass is 16.5. The number of hydrogen-bond acceptors (Lipinski definition) is 6. The van der Waals surface area contributed by atoms with E-state index in [1.165, 1.54) is 0 Å². The predicted octanol–water partition coefficient (Wildman–Crippen LogP) is 4.22. The summed E-state index contributed by atoms with van der Waals surface area (Å²) in [6.07, 6.45) is 2.60. The Bertz CT molecular complexity index is 828. The maximum Gasteiger partial charge on any atom is 0.223 e. The molecule has 0 fully saturated rings. The van der Waals surface area contributed by atoms with E-state index in [-0.39, 0.29) is 0 Å². The van der Waals surface area contributed by atoms with Gasteiger partial charge in [0.2, 0.25) is 11.7 Å². The van der Waals surface area contributed by atoms with Crippen LogP contribution in [0.3, 0.4) is 0 Å². The van der Waals surface area contributed by atoms with Crippen molar-refractivity contribution in [2.45, 2.75) is 47.0 Å². The second-order valence-corrected chi connectivity index (χ2v) is 6.17. The van der Waals surface area contributed by atoms with Crippen molar-refractivity contribution in [2.24, 2.45) is 0 Å². The van der Waals surface area contributed by atoms with Crippen LogP contribution < -0.4 is 4.74 Å². The number of aryl methyl sites for hydroxylation is 5. The molecular formula is C19H23N3O3. The van der Waals surface area contributed by atoms with E-state index in [9.17, 15) is 0 Å². The van der Waals surface area contributed by atoms with E-state index < -0.39 is 0 Å². The zero-order valence-electron chi connectivity index (χ0n) is 15.1. The highest BCUT2D eigenvalue weighted by molar-refractivity contribution is 5.60. The van der Waals surface area contributed by atoms with Gasteiger partial charge in [-0.05, 0) is 49.9 Å². The SMILES string of the molecule is CCc1cc(CCCOc2c(C)cc(-c3noc(C)n3)cc2C)on1. The van der Waals surface area contributed by atoms with Gasteiger partial charge in [-0.3, -0.25) is 0 Å². The van der Waals surface area contributed by atoms with Crippen molar-refractivity contribution in [1.29, 1.82) is 0 Å². The highest BCUT2D eigenvalue weighted by Gasteiger charge is 2.12. The first-order valence-corrected chi connectivity index (χ1v) is 8.56. The zero-order chi connectivity index (χ0) is 17.8. The second kappa shape index (κ2) is 7.51. The van der Waals surface area contributed by atoms with E-state index in [0.29, 0.717) is 18.3 Å². The molecule has 25 heavy (non-hydrogen) atoms. The van der Waals surface area contributed by atoms with Gasteiger partial charge in [0.1, 0.15) is 11.5 Å². The van der Waals surface area contributed by atoms with Crippen LogP contribution in [0.25, 0.3) is 11.4 Å². The zero-order valence-corrected chi connectivity index (χ0v) is 15.1. The van der Waals surface area contributed by atoms with Crippen molar-refractivity contribution in [3.8, 4) is 17.1 Å². The molecule has 0 saturated heterocycles. The van der Waals surface area contributed by atoms with Gasteiger partial charge in [0.15, 0.2) is 0 Å². The lowest BCUT2D eigenvalue weighted by atomic mass is 10.1. The number of ether oxygens (including phenoxy) is 1. The van der Waals surface area contributed by atoms with Crippen molar-refractivity contribution < 1.29 is 13.8 Å². The lowest BCUT2D eigenvalue weighted by Gasteiger charge is -2.13. The van der Waals surface area contributed by atoms with Gasteiger partial charge in [-0.1, -0.05) is 17.2 Å². The Kier molecular flexibility index (Phi) is 5.16. The molecule has 132 valence electrons. The van der Waals surface area contributed by atoms with Gasteiger partial charge in [0, 0.05) is 25.0 Å². The average Bonchev–Trinajstić information content (AvgIpc) is 3.22. The molecule has 0 spiro atoms. The molecule has 0 saturated carbocycles. The fourth-order valence-electron chi connectivity index (χ4n) is 2.78. The van der Waals surface area contributed by atoms with Crippen LogP contribution in [0.5, 0.6) is 5.75 Å². The van der Waals surface area contributed by atoms with Crippen LogP contribution >= 0.6 is 0 Å². The largest absolute Gasteiger partial charge is 0.493 e. The molecule has 0 unspecified atom stereocenters. The van der Waals surface area contributed by atoms with Gasteiger partial charge < -0.3 is 13.8 Å². The van der Waals surface area contributed by atoms with E-state index in [1.54, 1.807) is 6.92 Å². The van der Waals surface area contributed by atoms with E-state index in [1.807, 2.05) is 32.0 Å². The van der Waals surface area contributed by atoms with Gasteiger partial charge in [-0.25, -0.2) is 0 Å². The smallest absolute Gasteiger partial charge is 0.223 e. The summed E-state index contributed by atoms with van der Waals surface area (Å²) in [6.45, 7) is 8.54. The van der Waals surface area contributed by atoms with Crippen molar-refractivity contribution in [3.05, 3.63) is 46.7 Å². The fraction of sp³-hybridized carbons (Fsp3) is 0.421. The Morgan fingerprint density at radius 2 is 1.76 bits per heavy atom. The average molecular weight is 341 g/mol. The van der Waals surface area contributed by atoms with Crippen LogP contribution in [-0.2, 0) is 12.8 Å². The first-order valence-electron chi connectivity index (χ1n) is 8.56. The third kappa shape index (κ3) is 4.07. The monoisotopic (exact) mass is 341 g/mol. The van der Waals surface area contributed by atoms with Crippen LogP contribution in [-0.4, -0.2) is 21.9 Å². The summed E-state index contributed by atoms with van der Waals surface area (Å²) in [6, 6.07) is 6.06. The van der Waals surface area contributed by atoms with Crippen LogP contribution in [0.2, 0.25) is 0 Å². The van der Waals surface area contributed by atoms with E-state index in [0.717, 1.165) is 53.2 Å². The maximum absolute atomic E-state index is 5.99. The molecule has 6 nitrogen and oxygen atoms in total. The summed E-state index contributed by atoms with van der Waals surface area (Å²) in [5, 5.41) is 7.98. The minimum atomic E-state index is 0.560. The van der Waals surface area contributed by atoms with E-state index in [4.69, 9.17) is 13.8 Å². The van der Waals surface area contributed by atoms with Crippen molar-refractivity contribution >= 4 is 0 Å². The normalized spacial score (nSPS) is 11.0. The molecule has 0 bridgehead atoms. The Morgan fingerprint density at radius 1 is 1.00 bits per heavy atom. The molecule has 2 heterocycles. The summed E-state index contributed by atoms with van der Waals surface area (Å²) in [7, 11) is 0. The summed E-state index contributed by atoms with van der Waals surface area (Å²) in [5.74, 6) is 2.99. The van der Waals surface area contributed by atoms with Crippen molar-refractivity contribution in [1.82, 2.24) is 15.3 Å². The summed E-state index contributed by atoms with van der Waals surface area (Å²) >= 11 is 0. The van der Waals surface area contributed by atoms with Gasteiger partial charge in [0.05, 0.1) is 12.3 Å². The van der Waals surface area contributed by atoms with Gasteiger partial charge in [-0.2, -0.15) is 4.98 Å². The maximum atomic E-state index is 5.99. The first-order chi connectivity index (χ1) is 12.1. The van der Waals surface area contributed by atoms with Crippen LogP contribution in [0, 0.1) is 20.8 Å². The number of benzene rings is 1. The molecule has 0 aliphatic heterocycles. The first kappa shape index (κ1) is 17.2. The van der Waals surface area contributed by atoms with E-state index in [2.05, 4.69) is 22.2 Å². The molecule has 1 aromatic carbocycles. The van der Waals surface area contributed by atoms with Crippen LogP contribution in [0.15, 0.2) is 27.2 Å². The number of hydrogen-bond donors (Lipinski definition) is 0. The van der Waals surface area contributed by atoms with Gasteiger partial charge >= 0.3 is 0 Å². The lowest BCUT2D eigenvalue weighted by Crippen LogP contribution is -2.02. The Balaban J connectivity index is 1.60. The van der Waals surface area contributed by atoms with E-state index >= 15 is 0 Å². The molecule has 0 aliphatic rings. The molecule has 3 rings (SSSR count). The molecule has 0 radical (unpaired) electrons. The van der Waals surface area contributed by atoms with Gasteiger partial charge in [0.25, 0.3) is 0 Å². The standard InChI is InChI=1S/C19H23N3O3/c1-5-16-11-17(25-21-16)7-6-8-23-18-12(2)9-15(10-13(18)3)19-20-14(4)24-22-19/h9-11H,5-8H2,1-4H3. The van der Waals surface area contributed by atoms with Crippen LogP contribution in [0.1, 0.15) is 41.8 Å². The Morgan fingerprint density at radius 3 is 2.36 bits per heavy atom. The number of nitrogens with zero attached hydrogens (tertiary/aromatic N) is 3. The Labute approximate surface area is 147 Å². The molecule has 0 atom stereocenters.